The molecule has 7 heteroatoms. The number of aliphatic carboxylic acids is 2. The summed E-state index contributed by atoms with van der Waals surface area (Å²) in [5.74, 6) is -1.67. The minimum atomic E-state index is -1.07. The van der Waals surface area contributed by atoms with Gasteiger partial charge in [0, 0.05) is 11.5 Å². The molecule has 2 atom stereocenters. The lowest BCUT2D eigenvalue weighted by atomic mass is 9.87. The number of carboxylic acid groups (broad SMARTS) is 2. The number of carboxylic acids is 2. The molecule has 2 unspecified atom stereocenters. The molecule has 0 bridgehead atoms. The molecule has 5 nitrogen and oxygen atoms in total. The molecule has 0 heterocycles. The fraction of sp³-hybridized carbons (Fsp3) is 0.833. The minimum Gasteiger partial charge on any atom is -0.481 e. The van der Waals surface area contributed by atoms with Gasteiger partial charge in [-0.25, -0.2) is 0 Å². The van der Waals surface area contributed by atoms with Crippen molar-refractivity contribution in [1.82, 2.24) is 0 Å². The van der Waals surface area contributed by atoms with E-state index in [0.29, 0.717) is 12.8 Å². The zero-order valence-corrected chi connectivity index (χ0v) is 13.0. The molecule has 0 aromatic heterocycles. The van der Waals surface area contributed by atoms with Crippen LogP contribution in [-0.4, -0.2) is 46.9 Å². The van der Waals surface area contributed by atoms with Gasteiger partial charge in [0.25, 0.3) is 0 Å². The van der Waals surface area contributed by atoms with Crippen LogP contribution in [0.1, 0.15) is 26.7 Å². The average molecular weight is 310 g/mol. The van der Waals surface area contributed by atoms with Crippen LogP contribution >= 0.6 is 25.3 Å². The monoisotopic (exact) mass is 310 g/mol. The molecule has 0 saturated carbocycles. The van der Waals surface area contributed by atoms with Crippen LogP contribution in [0.4, 0.5) is 0 Å². The van der Waals surface area contributed by atoms with E-state index < -0.39 is 22.8 Å². The van der Waals surface area contributed by atoms with Crippen molar-refractivity contribution in [2.24, 2.45) is 10.8 Å². The van der Waals surface area contributed by atoms with Crippen LogP contribution in [0.5, 0.6) is 0 Å². The third-order valence-electron chi connectivity index (χ3n) is 3.62. The highest BCUT2D eigenvalue weighted by Crippen LogP contribution is 2.28. The van der Waals surface area contributed by atoms with Gasteiger partial charge in [0.05, 0.1) is 24.0 Å². The lowest BCUT2D eigenvalue weighted by Crippen LogP contribution is -2.42. The number of rotatable bonds is 10. The number of thiol groups is 2. The maximum absolute atomic E-state index is 11.3. The van der Waals surface area contributed by atoms with E-state index in [-0.39, 0.29) is 24.7 Å². The van der Waals surface area contributed by atoms with Gasteiger partial charge in [-0.15, -0.1) is 0 Å². The summed E-state index contributed by atoms with van der Waals surface area (Å²) in [7, 11) is 0. The van der Waals surface area contributed by atoms with Crippen molar-refractivity contribution in [2.75, 3.05) is 24.7 Å². The minimum absolute atomic E-state index is 0.0505. The first-order valence-corrected chi connectivity index (χ1v) is 7.37. The van der Waals surface area contributed by atoms with E-state index in [9.17, 15) is 19.8 Å². The second-order valence-electron chi connectivity index (χ2n) is 4.69. The molecule has 0 aliphatic rings. The molecule has 0 aliphatic carbocycles. The maximum atomic E-state index is 11.3. The van der Waals surface area contributed by atoms with Gasteiger partial charge in [-0.1, -0.05) is 13.8 Å². The van der Waals surface area contributed by atoms with E-state index >= 15 is 0 Å². The van der Waals surface area contributed by atoms with Gasteiger partial charge < -0.3 is 14.9 Å². The molecular weight excluding hydrogens is 288 g/mol. The molecule has 112 valence electrons. The van der Waals surface area contributed by atoms with Crippen molar-refractivity contribution in [2.45, 2.75) is 26.7 Å². The zero-order valence-electron chi connectivity index (χ0n) is 11.3. The first-order chi connectivity index (χ1) is 8.84. The Morgan fingerprint density at radius 2 is 1.26 bits per heavy atom. The van der Waals surface area contributed by atoms with Crippen molar-refractivity contribution in [3.05, 3.63) is 0 Å². The van der Waals surface area contributed by atoms with Gasteiger partial charge >= 0.3 is 11.9 Å². The molecule has 0 aromatic carbocycles. The van der Waals surface area contributed by atoms with Gasteiger partial charge in [-0.2, -0.15) is 25.3 Å². The van der Waals surface area contributed by atoms with E-state index in [1.54, 1.807) is 13.8 Å². The fourth-order valence-corrected chi connectivity index (χ4v) is 2.42. The summed E-state index contributed by atoms with van der Waals surface area (Å²) in [5, 5.41) is 18.4. The standard InChI is InChI=1S/C12H22O5S2/c1-3-11(7-18,9(13)14)5-17-6-12(4-2,8-19)10(15)16/h18-19H,3-8H2,1-2H3,(H,13,14)(H,15,16). The van der Waals surface area contributed by atoms with Crippen molar-refractivity contribution in [3.63, 3.8) is 0 Å². The van der Waals surface area contributed by atoms with Gasteiger partial charge in [-0.3, -0.25) is 9.59 Å². The van der Waals surface area contributed by atoms with Crippen LogP contribution < -0.4 is 0 Å². The smallest absolute Gasteiger partial charge is 0.312 e. The number of hydrogen-bond donors (Lipinski definition) is 4. The summed E-state index contributed by atoms with van der Waals surface area (Å²) in [6, 6.07) is 0. The third-order valence-corrected chi connectivity index (χ3v) is 4.83. The van der Waals surface area contributed by atoms with E-state index in [1.165, 1.54) is 0 Å². The van der Waals surface area contributed by atoms with Crippen molar-refractivity contribution in [1.29, 1.82) is 0 Å². The first kappa shape index (κ1) is 18.6. The Bertz CT molecular complexity index is 281. The molecule has 0 spiro atoms. The molecule has 19 heavy (non-hydrogen) atoms. The summed E-state index contributed by atoms with van der Waals surface area (Å²) in [6.07, 6.45) is 0.748. The third kappa shape index (κ3) is 4.29. The zero-order chi connectivity index (χ0) is 15.1. The summed E-state index contributed by atoms with van der Waals surface area (Å²) in [4.78, 5) is 22.5. The molecule has 2 N–H and O–H groups in total. The molecule has 0 saturated heterocycles. The highest BCUT2D eigenvalue weighted by Gasteiger charge is 2.39. The Labute approximate surface area is 124 Å². The molecule has 0 aliphatic heterocycles. The highest BCUT2D eigenvalue weighted by atomic mass is 32.1. The van der Waals surface area contributed by atoms with Crippen molar-refractivity contribution in [3.8, 4) is 0 Å². The molecular formula is C12H22O5S2. The Kier molecular flexibility index (Phi) is 7.85. The Morgan fingerprint density at radius 1 is 0.947 bits per heavy atom. The quantitative estimate of drug-likeness (QED) is 0.463. The second kappa shape index (κ2) is 8.01. The van der Waals surface area contributed by atoms with Crippen LogP contribution in [0.25, 0.3) is 0 Å². The molecule has 0 fully saturated rings. The average Bonchev–Trinajstić information content (AvgIpc) is 2.39. The largest absolute Gasteiger partial charge is 0.481 e. The summed E-state index contributed by atoms with van der Waals surface area (Å²) >= 11 is 8.12. The maximum Gasteiger partial charge on any atom is 0.312 e. The number of carbonyl (C=O) groups is 2. The summed E-state index contributed by atoms with van der Waals surface area (Å²) < 4.78 is 5.39. The van der Waals surface area contributed by atoms with Crippen molar-refractivity contribution < 1.29 is 24.5 Å². The van der Waals surface area contributed by atoms with E-state index in [2.05, 4.69) is 25.3 Å². The predicted octanol–water partition coefficient (Wildman–Crippen LogP) is 1.82. The SMILES string of the molecule is CCC(CS)(COCC(CC)(CS)C(=O)O)C(=O)O. The Morgan fingerprint density at radius 3 is 1.42 bits per heavy atom. The summed E-state index contributed by atoms with van der Waals surface area (Å²) in [6.45, 7) is 3.39. The lowest BCUT2D eigenvalue weighted by molar-refractivity contribution is -0.156. The molecule has 0 radical (unpaired) electrons. The summed E-state index contributed by atoms with van der Waals surface area (Å²) in [5.41, 5.74) is -2.14. The predicted molar refractivity (Wildman–Crippen MR) is 79.2 cm³/mol. The first-order valence-electron chi connectivity index (χ1n) is 6.10. The van der Waals surface area contributed by atoms with Gasteiger partial charge in [0.15, 0.2) is 0 Å². The van der Waals surface area contributed by atoms with E-state index in [0.717, 1.165) is 0 Å². The van der Waals surface area contributed by atoms with Crippen molar-refractivity contribution >= 4 is 37.2 Å². The van der Waals surface area contributed by atoms with Crippen LogP contribution in [0.3, 0.4) is 0 Å². The van der Waals surface area contributed by atoms with Gasteiger partial charge in [0.1, 0.15) is 0 Å². The molecule has 0 rings (SSSR count). The highest BCUT2D eigenvalue weighted by molar-refractivity contribution is 7.80. The van der Waals surface area contributed by atoms with Crippen LogP contribution in [0, 0.1) is 10.8 Å². The van der Waals surface area contributed by atoms with E-state index in [4.69, 9.17) is 4.74 Å². The number of ether oxygens (including phenoxy) is 1. The molecule has 0 amide bonds. The van der Waals surface area contributed by atoms with Gasteiger partial charge in [0.2, 0.25) is 0 Å². The van der Waals surface area contributed by atoms with Crippen LogP contribution in [0.2, 0.25) is 0 Å². The van der Waals surface area contributed by atoms with Crippen LogP contribution in [0.15, 0.2) is 0 Å². The second-order valence-corrected chi connectivity index (χ2v) is 5.32. The Hall–Kier alpha value is -0.400. The molecule has 0 aromatic rings. The topological polar surface area (TPSA) is 83.8 Å². The van der Waals surface area contributed by atoms with E-state index in [1.807, 2.05) is 0 Å². The normalized spacial score (nSPS) is 17.5. The fourth-order valence-electron chi connectivity index (χ4n) is 1.52. The Balaban J connectivity index is 4.72. The van der Waals surface area contributed by atoms with Gasteiger partial charge in [-0.05, 0) is 12.8 Å². The van der Waals surface area contributed by atoms with Crippen LogP contribution in [-0.2, 0) is 14.3 Å². The number of hydrogen-bond acceptors (Lipinski definition) is 5. The lowest BCUT2D eigenvalue weighted by Gasteiger charge is -2.30.